The predicted octanol–water partition coefficient (Wildman–Crippen LogP) is 3.52. The van der Waals surface area contributed by atoms with Crippen molar-refractivity contribution in [2.75, 3.05) is 33.3 Å². The molecule has 4 rings (SSSR count). The topological polar surface area (TPSA) is 61.9 Å². The van der Waals surface area contributed by atoms with Crippen LogP contribution in [0.25, 0.3) is 0 Å². The van der Waals surface area contributed by atoms with Gasteiger partial charge in [-0.3, -0.25) is 9.59 Å². The summed E-state index contributed by atoms with van der Waals surface area (Å²) in [4.78, 5) is 29.2. The zero-order valence-corrected chi connectivity index (χ0v) is 19.6. The maximum absolute atomic E-state index is 12.5. The molecule has 176 valence electrons. The van der Waals surface area contributed by atoms with Gasteiger partial charge in [0.1, 0.15) is 12.4 Å². The van der Waals surface area contributed by atoms with Crippen LogP contribution in [-0.2, 0) is 22.6 Å². The lowest BCUT2D eigenvalue weighted by Crippen LogP contribution is -2.35. The highest BCUT2D eigenvalue weighted by Gasteiger charge is 2.34. The quantitative estimate of drug-likeness (QED) is 0.596. The number of fused-ring (bicyclic) bond motifs is 1. The molecule has 1 heterocycles. The first-order chi connectivity index (χ1) is 15.6. The highest BCUT2D eigenvalue weighted by molar-refractivity contribution is 5.81. The lowest BCUT2D eigenvalue weighted by molar-refractivity contribution is -0.133. The summed E-state index contributed by atoms with van der Waals surface area (Å²) in [5.41, 5.74) is 2.18. The summed E-state index contributed by atoms with van der Waals surface area (Å²) in [6.07, 6.45) is 11.0. The Morgan fingerprint density at radius 1 is 1.16 bits per heavy atom. The fraction of sp³-hybridized carbons (Fsp3) is 0.692. The van der Waals surface area contributed by atoms with E-state index in [-0.39, 0.29) is 17.7 Å². The molecule has 0 unspecified atom stereocenters. The molecule has 6 heteroatoms. The van der Waals surface area contributed by atoms with Crippen molar-refractivity contribution in [3.05, 3.63) is 29.3 Å². The molecule has 1 aromatic rings. The largest absolute Gasteiger partial charge is 0.491 e. The molecule has 0 radical (unpaired) electrons. The number of rotatable bonds is 9. The van der Waals surface area contributed by atoms with Gasteiger partial charge in [0.2, 0.25) is 11.8 Å². The minimum atomic E-state index is 0.113. The van der Waals surface area contributed by atoms with E-state index >= 15 is 0 Å². The summed E-state index contributed by atoms with van der Waals surface area (Å²) >= 11 is 0. The van der Waals surface area contributed by atoms with Gasteiger partial charge >= 0.3 is 0 Å². The number of nitrogens with one attached hydrogen (secondary N) is 1. The van der Waals surface area contributed by atoms with Gasteiger partial charge < -0.3 is 19.9 Å². The second-order valence-corrected chi connectivity index (χ2v) is 9.80. The number of nitrogens with zero attached hydrogens (tertiary/aromatic N) is 2. The number of carbonyl (C=O) groups is 2. The number of carbonyl (C=O) groups excluding carboxylic acids is 2. The van der Waals surface area contributed by atoms with Crippen molar-refractivity contribution in [2.24, 2.45) is 5.92 Å². The highest BCUT2D eigenvalue weighted by atomic mass is 16.5. The summed E-state index contributed by atoms with van der Waals surface area (Å²) in [6.45, 7) is 3.60. The minimum Gasteiger partial charge on any atom is -0.491 e. The van der Waals surface area contributed by atoms with E-state index in [0.29, 0.717) is 32.5 Å². The van der Waals surface area contributed by atoms with Crippen LogP contribution in [0, 0.1) is 5.92 Å². The van der Waals surface area contributed by atoms with E-state index in [1.54, 1.807) is 0 Å². The number of aryl methyl sites for hydroxylation is 1. The Morgan fingerprint density at radius 3 is 2.75 bits per heavy atom. The lowest BCUT2D eigenvalue weighted by atomic mass is 9.94. The molecule has 1 aromatic carbocycles. The number of benzene rings is 1. The fourth-order valence-corrected chi connectivity index (χ4v) is 4.99. The van der Waals surface area contributed by atoms with E-state index in [1.165, 1.54) is 32.1 Å². The van der Waals surface area contributed by atoms with Crippen molar-refractivity contribution in [1.82, 2.24) is 15.1 Å². The van der Waals surface area contributed by atoms with Crippen LogP contribution in [0.3, 0.4) is 0 Å². The standard InChI is InChI=1S/C26H39N3O3/c1-28(23-6-3-2-4-7-23)15-5-14-27-25(30)13-9-20-8-12-24-22(18-20)19-29(16-17-32-24)26(31)21-10-11-21/h8,12,18,21,23H,2-7,9-11,13-17,19H2,1H3,(H,27,30). The first kappa shape index (κ1) is 23.1. The monoisotopic (exact) mass is 441 g/mol. The van der Waals surface area contributed by atoms with Gasteiger partial charge in [0.15, 0.2) is 0 Å². The zero-order valence-electron chi connectivity index (χ0n) is 19.6. The van der Waals surface area contributed by atoms with Crippen LogP contribution in [0.2, 0.25) is 0 Å². The van der Waals surface area contributed by atoms with Gasteiger partial charge in [-0.05, 0) is 63.7 Å². The SMILES string of the molecule is CN(CCCNC(=O)CCc1ccc2c(c1)CN(C(=O)C1CC1)CCO2)C1CCCCC1. The summed E-state index contributed by atoms with van der Waals surface area (Å²) in [7, 11) is 2.22. The molecule has 2 fully saturated rings. The third-order valence-corrected chi connectivity index (χ3v) is 7.19. The van der Waals surface area contributed by atoms with Crippen molar-refractivity contribution in [2.45, 2.75) is 76.8 Å². The van der Waals surface area contributed by atoms with Gasteiger partial charge in [-0.1, -0.05) is 31.4 Å². The molecule has 2 saturated carbocycles. The van der Waals surface area contributed by atoms with Crippen LogP contribution in [0.5, 0.6) is 5.75 Å². The van der Waals surface area contributed by atoms with Crippen LogP contribution in [-0.4, -0.2) is 60.9 Å². The average Bonchev–Trinajstić information content (AvgIpc) is 3.67. The number of hydrogen-bond donors (Lipinski definition) is 1. The van der Waals surface area contributed by atoms with Crippen LogP contribution < -0.4 is 10.1 Å². The Bertz CT molecular complexity index is 787. The summed E-state index contributed by atoms with van der Waals surface area (Å²) in [5, 5.41) is 3.08. The van der Waals surface area contributed by atoms with Crippen molar-refractivity contribution >= 4 is 11.8 Å². The summed E-state index contributed by atoms with van der Waals surface area (Å²) in [6, 6.07) is 6.88. The molecule has 1 aliphatic heterocycles. The predicted molar refractivity (Wildman–Crippen MR) is 126 cm³/mol. The van der Waals surface area contributed by atoms with Crippen LogP contribution in [0.1, 0.15) is 68.9 Å². The normalized spacial score (nSPS) is 19.2. The van der Waals surface area contributed by atoms with Gasteiger partial charge in [0, 0.05) is 37.0 Å². The molecule has 0 aromatic heterocycles. The second kappa shape index (κ2) is 11.2. The first-order valence-electron chi connectivity index (χ1n) is 12.6. The van der Waals surface area contributed by atoms with Crippen LogP contribution in [0.4, 0.5) is 0 Å². The number of ether oxygens (including phenoxy) is 1. The van der Waals surface area contributed by atoms with Crippen molar-refractivity contribution < 1.29 is 14.3 Å². The van der Waals surface area contributed by atoms with E-state index in [2.05, 4.69) is 23.3 Å². The minimum absolute atomic E-state index is 0.113. The van der Waals surface area contributed by atoms with Crippen LogP contribution in [0.15, 0.2) is 18.2 Å². The molecule has 0 bridgehead atoms. The third kappa shape index (κ3) is 6.47. The van der Waals surface area contributed by atoms with E-state index in [4.69, 9.17) is 4.74 Å². The first-order valence-corrected chi connectivity index (χ1v) is 12.6. The Balaban J connectivity index is 1.18. The van der Waals surface area contributed by atoms with E-state index in [0.717, 1.165) is 55.3 Å². The van der Waals surface area contributed by atoms with Crippen molar-refractivity contribution in [3.63, 3.8) is 0 Å². The van der Waals surface area contributed by atoms with Gasteiger partial charge in [-0.25, -0.2) is 0 Å². The summed E-state index contributed by atoms with van der Waals surface area (Å²) < 4.78 is 5.86. The molecule has 32 heavy (non-hydrogen) atoms. The van der Waals surface area contributed by atoms with E-state index < -0.39 is 0 Å². The molecule has 6 nitrogen and oxygen atoms in total. The average molecular weight is 442 g/mol. The molecular formula is C26H39N3O3. The molecule has 0 spiro atoms. The van der Waals surface area contributed by atoms with Gasteiger partial charge in [0.25, 0.3) is 0 Å². The van der Waals surface area contributed by atoms with Crippen molar-refractivity contribution in [3.8, 4) is 5.75 Å². The Labute approximate surface area is 192 Å². The third-order valence-electron chi connectivity index (χ3n) is 7.19. The zero-order chi connectivity index (χ0) is 22.3. The molecule has 2 amide bonds. The molecule has 1 N–H and O–H groups in total. The molecule has 0 saturated heterocycles. The number of hydrogen-bond acceptors (Lipinski definition) is 4. The maximum Gasteiger partial charge on any atom is 0.226 e. The molecular weight excluding hydrogens is 402 g/mol. The summed E-state index contributed by atoms with van der Waals surface area (Å²) in [5.74, 6) is 1.47. The van der Waals surface area contributed by atoms with Gasteiger partial charge in [-0.15, -0.1) is 0 Å². The Kier molecular flexibility index (Phi) is 8.06. The molecule has 0 atom stereocenters. The lowest BCUT2D eigenvalue weighted by Gasteiger charge is -2.31. The molecule has 2 aliphatic carbocycles. The van der Waals surface area contributed by atoms with Crippen molar-refractivity contribution in [1.29, 1.82) is 0 Å². The number of amides is 2. The van der Waals surface area contributed by atoms with Gasteiger partial charge in [0.05, 0.1) is 6.54 Å². The van der Waals surface area contributed by atoms with E-state index in [1.807, 2.05) is 17.0 Å². The smallest absolute Gasteiger partial charge is 0.226 e. The van der Waals surface area contributed by atoms with Crippen LogP contribution >= 0.6 is 0 Å². The second-order valence-electron chi connectivity index (χ2n) is 9.80. The Hall–Kier alpha value is -2.08. The van der Waals surface area contributed by atoms with Gasteiger partial charge in [-0.2, -0.15) is 0 Å². The Morgan fingerprint density at radius 2 is 1.97 bits per heavy atom. The maximum atomic E-state index is 12.5. The highest BCUT2D eigenvalue weighted by Crippen LogP contribution is 2.33. The molecule has 3 aliphatic rings. The fourth-order valence-electron chi connectivity index (χ4n) is 4.99. The van der Waals surface area contributed by atoms with E-state index in [9.17, 15) is 9.59 Å².